The maximum Gasteiger partial charge on any atom is 0.226 e. The first kappa shape index (κ1) is 11.5. The van der Waals surface area contributed by atoms with Gasteiger partial charge in [0.25, 0.3) is 0 Å². The number of rotatable bonds is 3. The SMILES string of the molecule is COc1cccc(-c2coc(-c3ccncc3)n2)c1. The van der Waals surface area contributed by atoms with Gasteiger partial charge in [0.1, 0.15) is 17.7 Å². The van der Waals surface area contributed by atoms with Crippen LogP contribution in [0.1, 0.15) is 0 Å². The van der Waals surface area contributed by atoms with Gasteiger partial charge in [-0.1, -0.05) is 12.1 Å². The monoisotopic (exact) mass is 252 g/mol. The van der Waals surface area contributed by atoms with Crippen molar-refractivity contribution in [3.63, 3.8) is 0 Å². The Kier molecular flexibility index (Phi) is 2.98. The van der Waals surface area contributed by atoms with E-state index < -0.39 is 0 Å². The van der Waals surface area contributed by atoms with Crippen molar-refractivity contribution in [2.24, 2.45) is 0 Å². The van der Waals surface area contributed by atoms with Gasteiger partial charge in [-0.2, -0.15) is 0 Å². The van der Waals surface area contributed by atoms with Crippen LogP contribution in [0.15, 0.2) is 59.5 Å². The number of pyridine rings is 1. The highest BCUT2D eigenvalue weighted by atomic mass is 16.5. The zero-order valence-corrected chi connectivity index (χ0v) is 10.4. The van der Waals surface area contributed by atoms with Gasteiger partial charge < -0.3 is 9.15 Å². The van der Waals surface area contributed by atoms with Gasteiger partial charge in [-0.25, -0.2) is 4.98 Å². The van der Waals surface area contributed by atoms with E-state index in [1.165, 1.54) is 0 Å². The minimum atomic E-state index is 0.584. The number of methoxy groups -OCH3 is 1. The van der Waals surface area contributed by atoms with E-state index in [1.54, 1.807) is 25.8 Å². The lowest BCUT2D eigenvalue weighted by Gasteiger charge is -2.00. The molecule has 0 aliphatic heterocycles. The number of nitrogens with zero attached hydrogens (tertiary/aromatic N) is 2. The molecule has 3 rings (SSSR count). The van der Waals surface area contributed by atoms with Crippen LogP contribution >= 0.6 is 0 Å². The van der Waals surface area contributed by atoms with Gasteiger partial charge in [-0.05, 0) is 24.3 Å². The van der Waals surface area contributed by atoms with Crippen LogP contribution in [-0.2, 0) is 0 Å². The minimum Gasteiger partial charge on any atom is -0.497 e. The molecule has 0 N–H and O–H groups in total. The van der Waals surface area contributed by atoms with Crippen molar-refractivity contribution in [3.05, 3.63) is 55.1 Å². The second-order valence-corrected chi connectivity index (χ2v) is 4.01. The van der Waals surface area contributed by atoms with Crippen molar-refractivity contribution in [3.8, 4) is 28.5 Å². The van der Waals surface area contributed by atoms with Gasteiger partial charge in [0, 0.05) is 23.5 Å². The number of ether oxygens (including phenoxy) is 1. The maximum atomic E-state index is 5.50. The molecule has 0 fully saturated rings. The second-order valence-electron chi connectivity index (χ2n) is 4.01. The van der Waals surface area contributed by atoms with Crippen molar-refractivity contribution >= 4 is 0 Å². The van der Waals surface area contributed by atoms with Gasteiger partial charge in [-0.3, -0.25) is 4.98 Å². The Hall–Kier alpha value is -2.62. The third-order valence-corrected chi connectivity index (χ3v) is 2.80. The summed E-state index contributed by atoms with van der Waals surface area (Å²) in [6, 6.07) is 11.4. The van der Waals surface area contributed by atoms with E-state index in [1.807, 2.05) is 36.4 Å². The normalized spacial score (nSPS) is 10.4. The average molecular weight is 252 g/mol. The molecule has 0 aliphatic carbocycles. The molecule has 0 atom stereocenters. The predicted molar refractivity (Wildman–Crippen MR) is 71.7 cm³/mol. The quantitative estimate of drug-likeness (QED) is 0.716. The number of benzene rings is 1. The molecule has 4 nitrogen and oxygen atoms in total. The molecule has 4 heteroatoms. The van der Waals surface area contributed by atoms with E-state index in [2.05, 4.69) is 9.97 Å². The van der Waals surface area contributed by atoms with Crippen LogP contribution in [0.2, 0.25) is 0 Å². The van der Waals surface area contributed by atoms with Crippen molar-refractivity contribution in [2.75, 3.05) is 7.11 Å². The Morgan fingerprint density at radius 1 is 1.05 bits per heavy atom. The summed E-state index contributed by atoms with van der Waals surface area (Å²) in [7, 11) is 1.64. The number of hydrogen-bond acceptors (Lipinski definition) is 4. The Balaban J connectivity index is 1.97. The highest BCUT2D eigenvalue weighted by molar-refractivity contribution is 5.63. The van der Waals surface area contributed by atoms with E-state index >= 15 is 0 Å². The number of hydrogen-bond donors (Lipinski definition) is 0. The summed E-state index contributed by atoms with van der Waals surface area (Å²) in [5.74, 6) is 1.38. The van der Waals surface area contributed by atoms with Crippen molar-refractivity contribution in [1.82, 2.24) is 9.97 Å². The van der Waals surface area contributed by atoms with Gasteiger partial charge >= 0.3 is 0 Å². The van der Waals surface area contributed by atoms with Crippen LogP contribution in [0.25, 0.3) is 22.7 Å². The highest BCUT2D eigenvalue weighted by Gasteiger charge is 2.08. The average Bonchev–Trinajstić information content (AvgIpc) is 2.98. The fourth-order valence-corrected chi connectivity index (χ4v) is 1.82. The molecule has 1 aromatic carbocycles. The predicted octanol–water partition coefficient (Wildman–Crippen LogP) is 3.41. The van der Waals surface area contributed by atoms with E-state index in [-0.39, 0.29) is 0 Å². The topological polar surface area (TPSA) is 48.2 Å². The largest absolute Gasteiger partial charge is 0.497 e. The zero-order valence-electron chi connectivity index (χ0n) is 10.4. The summed E-state index contributed by atoms with van der Waals surface area (Å²) in [5, 5.41) is 0. The molecule has 0 unspecified atom stereocenters. The highest BCUT2D eigenvalue weighted by Crippen LogP contribution is 2.26. The zero-order chi connectivity index (χ0) is 13.1. The first-order valence-corrected chi connectivity index (χ1v) is 5.87. The fourth-order valence-electron chi connectivity index (χ4n) is 1.82. The van der Waals surface area contributed by atoms with Crippen LogP contribution in [0.5, 0.6) is 5.75 Å². The summed E-state index contributed by atoms with van der Waals surface area (Å²) < 4.78 is 10.7. The summed E-state index contributed by atoms with van der Waals surface area (Å²) in [4.78, 5) is 8.45. The van der Waals surface area contributed by atoms with E-state index in [0.717, 1.165) is 22.6 Å². The van der Waals surface area contributed by atoms with Crippen molar-refractivity contribution < 1.29 is 9.15 Å². The Bertz CT molecular complexity index is 677. The Morgan fingerprint density at radius 2 is 1.89 bits per heavy atom. The number of oxazole rings is 1. The molecule has 0 aliphatic rings. The van der Waals surface area contributed by atoms with Crippen LogP contribution in [0.4, 0.5) is 0 Å². The van der Waals surface area contributed by atoms with Crippen LogP contribution in [0, 0.1) is 0 Å². The molecule has 0 spiro atoms. The second kappa shape index (κ2) is 4.94. The van der Waals surface area contributed by atoms with Gasteiger partial charge in [0.2, 0.25) is 5.89 Å². The molecule has 19 heavy (non-hydrogen) atoms. The molecule has 3 aromatic rings. The molecule has 2 aromatic heterocycles. The fraction of sp³-hybridized carbons (Fsp3) is 0.0667. The molecule has 2 heterocycles. The third kappa shape index (κ3) is 2.33. The standard InChI is InChI=1S/C15H12N2O2/c1-18-13-4-2-3-12(9-13)14-10-19-15(17-14)11-5-7-16-8-6-11/h2-10H,1H3. The van der Waals surface area contributed by atoms with E-state index in [0.29, 0.717) is 5.89 Å². The molecule has 0 saturated carbocycles. The first-order chi connectivity index (χ1) is 9.36. The summed E-state index contributed by atoms with van der Waals surface area (Å²) in [6.45, 7) is 0. The van der Waals surface area contributed by atoms with Gasteiger partial charge in [-0.15, -0.1) is 0 Å². The lowest BCUT2D eigenvalue weighted by Crippen LogP contribution is -1.84. The summed E-state index contributed by atoms with van der Waals surface area (Å²) in [5.41, 5.74) is 2.65. The van der Waals surface area contributed by atoms with Crippen molar-refractivity contribution in [1.29, 1.82) is 0 Å². The molecule has 94 valence electrons. The first-order valence-electron chi connectivity index (χ1n) is 5.87. The molecule has 0 amide bonds. The van der Waals surface area contributed by atoms with Crippen LogP contribution < -0.4 is 4.74 Å². The third-order valence-electron chi connectivity index (χ3n) is 2.80. The lowest BCUT2D eigenvalue weighted by molar-refractivity contribution is 0.415. The maximum absolute atomic E-state index is 5.50. The molecule has 0 bridgehead atoms. The Morgan fingerprint density at radius 3 is 2.68 bits per heavy atom. The van der Waals surface area contributed by atoms with E-state index in [9.17, 15) is 0 Å². The number of aromatic nitrogens is 2. The summed E-state index contributed by atoms with van der Waals surface area (Å²) in [6.07, 6.45) is 5.07. The summed E-state index contributed by atoms with van der Waals surface area (Å²) >= 11 is 0. The van der Waals surface area contributed by atoms with Crippen molar-refractivity contribution in [2.45, 2.75) is 0 Å². The van der Waals surface area contributed by atoms with Crippen LogP contribution in [-0.4, -0.2) is 17.1 Å². The molecule has 0 radical (unpaired) electrons. The minimum absolute atomic E-state index is 0.584. The molecular weight excluding hydrogens is 240 g/mol. The Labute approximate surface area is 110 Å². The van der Waals surface area contributed by atoms with Gasteiger partial charge in [0.05, 0.1) is 7.11 Å². The van der Waals surface area contributed by atoms with E-state index in [4.69, 9.17) is 9.15 Å². The molecular formula is C15H12N2O2. The lowest BCUT2D eigenvalue weighted by atomic mass is 10.1. The smallest absolute Gasteiger partial charge is 0.226 e. The van der Waals surface area contributed by atoms with Crippen LogP contribution in [0.3, 0.4) is 0 Å². The van der Waals surface area contributed by atoms with Gasteiger partial charge in [0.15, 0.2) is 0 Å². The molecule has 0 saturated heterocycles.